The largest absolute Gasteiger partial charge is 0.477 e. The maximum Gasteiger partial charge on any atom is 0.364 e. The molecule has 14 N–H and O–H groups in total. The number of carbonyl (C=O) groups is 3. The number of hydrogen-bond acceptors (Lipinski definition) is 20. The van der Waals surface area contributed by atoms with Crippen molar-refractivity contribution >= 4 is 17.8 Å². The highest BCUT2D eigenvalue weighted by Gasteiger charge is 2.60. The van der Waals surface area contributed by atoms with Gasteiger partial charge in [-0.05, 0) is 19.3 Å². The van der Waals surface area contributed by atoms with Crippen LogP contribution < -0.4 is 10.6 Å². The Hall–Kier alpha value is -2.53. The lowest BCUT2D eigenvalue weighted by molar-refractivity contribution is -0.386. The molecule has 0 saturated carbocycles. The van der Waals surface area contributed by atoms with Gasteiger partial charge < -0.3 is 100 Å². The first-order valence-electron chi connectivity index (χ1n) is 32.6. The summed E-state index contributed by atoms with van der Waals surface area (Å²) in [5, 5.41) is 136. The molecular weight excluding hydrogens is 1110 g/mol. The van der Waals surface area contributed by atoms with Crippen LogP contribution in [0.4, 0.5) is 0 Å². The Labute approximate surface area is 505 Å². The van der Waals surface area contributed by atoms with Gasteiger partial charge >= 0.3 is 5.97 Å². The van der Waals surface area contributed by atoms with Crippen molar-refractivity contribution < 1.29 is 104 Å². The van der Waals surface area contributed by atoms with Crippen molar-refractivity contribution in [1.82, 2.24) is 10.6 Å². The van der Waals surface area contributed by atoms with E-state index in [-0.39, 0.29) is 12.3 Å². The number of ether oxygens (including phenoxy) is 6. The van der Waals surface area contributed by atoms with Gasteiger partial charge in [-0.2, -0.15) is 0 Å². The van der Waals surface area contributed by atoms with Crippen molar-refractivity contribution in [3.05, 3.63) is 12.2 Å². The summed E-state index contributed by atoms with van der Waals surface area (Å²) in [5.41, 5.74) is 0. The normalized spacial score (nSPS) is 29.6. The first kappa shape index (κ1) is 76.7. The third kappa shape index (κ3) is 27.6. The zero-order valence-electron chi connectivity index (χ0n) is 51.5. The van der Waals surface area contributed by atoms with Gasteiger partial charge in [-0.25, -0.2) is 4.79 Å². The molecule has 3 saturated heterocycles. The van der Waals surface area contributed by atoms with E-state index in [4.69, 9.17) is 28.4 Å². The predicted molar refractivity (Wildman–Crippen MR) is 315 cm³/mol. The second kappa shape index (κ2) is 44.0. The van der Waals surface area contributed by atoms with Crippen molar-refractivity contribution in [3.8, 4) is 0 Å². The quantitative estimate of drug-likeness (QED) is 0.0298. The van der Waals surface area contributed by atoms with Crippen molar-refractivity contribution in [2.45, 2.75) is 336 Å². The van der Waals surface area contributed by atoms with Crippen LogP contribution in [0.15, 0.2) is 12.2 Å². The molecule has 0 bridgehead atoms. The van der Waals surface area contributed by atoms with Gasteiger partial charge in [-0.3, -0.25) is 9.59 Å². The molecule has 3 aliphatic heterocycles. The molecular formula is C62H114N2O21. The molecule has 3 rings (SSSR count). The van der Waals surface area contributed by atoms with Crippen molar-refractivity contribution in [3.63, 3.8) is 0 Å². The molecule has 0 aromatic rings. The van der Waals surface area contributed by atoms with Crippen LogP contribution in [0.2, 0.25) is 0 Å². The highest BCUT2D eigenvalue weighted by atomic mass is 16.8. The van der Waals surface area contributed by atoms with Crippen LogP contribution in [0.25, 0.3) is 0 Å². The summed E-state index contributed by atoms with van der Waals surface area (Å²) in [6, 6.07) is -2.61. The minimum Gasteiger partial charge on any atom is -0.477 e. The Balaban J connectivity index is 1.65. The number of rotatable bonds is 48. The maximum atomic E-state index is 13.4. The highest BCUT2D eigenvalue weighted by molar-refractivity contribution is 5.77. The highest BCUT2D eigenvalue weighted by Crippen LogP contribution is 2.38. The number of carboxylic acids is 1. The van der Waals surface area contributed by atoms with Gasteiger partial charge in [-0.15, -0.1) is 0 Å². The summed E-state index contributed by atoms with van der Waals surface area (Å²) in [5.74, 6) is -6.14. The molecule has 3 aliphatic rings. The number of aliphatic hydroxyl groups excluding tert-OH is 11. The maximum absolute atomic E-state index is 13.4. The topological polar surface area (TPSA) is 373 Å². The lowest BCUT2D eigenvalue weighted by atomic mass is 9.88. The van der Waals surface area contributed by atoms with Crippen molar-refractivity contribution in [1.29, 1.82) is 0 Å². The van der Waals surface area contributed by atoms with Gasteiger partial charge in [0.05, 0.1) is 50.7 Å². The zero-order chi connectivity index (χ0) is 62.6. The third-order valence-electron chi connectivity index (χ3n) is 16.7. The number of allylic oxidation sites excluding steroid dienone is 1. The van der Waals surface area contributed by atoms with E-state index in [1.54, 1.807) is 6.08 Å². The van der Waals surface area contributed by atoms with Crippen LogP contribution in [0.1, 0.15) is 226 Å². The second-order valence-corrected chi connectivity index (χ2v) is 24.0. The predicted octanol–water partition coefficient (Wildman–Crippen LogP) is 4.34. The smallest absolute Gasteiger partial charge is 0.364 e. The molecule has 498 valence electrons. The Morgan fingerprint density at radius 1 is 0.612 bits per heavy atom. The van der Waals surface area contributed by atoms with Gasteiger partial charge in [0.25, 0.3) is 5.79 Å². The Morgan fingerprint density at radius 3 is 1.56 bits per heavy atom. The summed E-state index contributed by atoms with van der Waals surface area (Å²) in [6.45, 7) is 2.12. The summed E-state index contributed by atoms with van der Waals surface area (Å²) < 4.78 is 34.7. The van der Waals surface area contributed by atoms with E-state index in [1.807, 2.05) is 6.08 Å². The van der Waals surface area contributed by atoms with Crippen LogP contribution in [0, 0.1) is 0 Å². The third-order valence-corrected chi connectivity index (χ3v) is 16.7. The fraction of sp³-hybridized carbons (Fsp3) is 0.919. The number of carbonyl (C=O) groups excluding carboxylic acids is 2. The molecule has 0 radical (unpaired) electrons. The van der Waals surface area contributed by atoms with Crippen molar-refractivity contribution in [2.24, 2.45) is 0 Å². The number of hydrogen-bond donors (Lipinski definition) is 14. The van der Waals surface area contributed by atoms with E-state index in [9.17, 15) is 75.7 Å². The molecule has 0 spiro atoms. The Bertz CT molecular complexity index is 1790. The molecule has 23 nitrogen and oxygen atoms in total. The van der Waals surface area contributed by atoms with E-state index in [0.717, 1.165) is 51.9 Å². The SMILES string of the molecule is CCCCCCCCCCCCCCCCC/C=C/C(O)C(COC1OC(CO)C(OC2OC(CO)C(O)C(OC3(C(=O)O)CC(O)C(NC(C)=O)C(C(O)C(O)CO)O3)C2O)C(O)C1O)NC(=O)CCCCCCCCCCCCCCCC. The number of amides is 2. The van der Waals surface area contributed by atoms with Crippen LogP contribution in [0.3, 0.4) is 0 Å². The van der Waals surface area contributed by atoms with Crippen LogP contribution >= 0.6 is 0 Å². The lowest BCUT2D eigenvalue weighted by Gasteiger charge is -2.50. The first-order chi connectivity index (χ1) is 40.9. The number of aliphatic hydroxyl groups is 11. The molecule has 85 heavy (non-hydrogen) atoms. The van der Waals surface area contributed by atoms with Crippen molar-refractivity contribution in [2.75, 3.05) is 26.4 Å². The molecule has 18 atom stereocenters. The molecule has 3 fully saturated rings. The lowest BCUT2D eigenvalue weighted by Crippen LogP contribution is -2.70. The summed E-state index contributed by atoms with van der Waals surface area (Å²) in [6.07, 6.45) is 9.76. The molecule has 0 aromatic carbocycles. The summed E-state index contributed by atoms with van der Waals surface area (Å²) in [7, 11) is 0. The molecule has 2 amide bonds. The number of aliphatic carboxylic acids is 1. The van der Waals surface area contributed by atoms with Gasteiger partial charge in [-0.1, -0.05) is 199 Å². The molecule has 0 aliphatic carbocycles. The van der Waals surface area contributed by atoms with Gasteiger partial charge in [0.15, 0.2) is 12.6 Å². The standard InChI is InChI=1S/C62H114N2O21/c1-4-6-8-10-12-14-16-18-20-21-22-23-25-27-29-31-33-35-44(69)43(64-49(72)36-34-32-30-28-26-24-19-17-15-13-11-9-7-5-2)41-80-59-54(76)53(75)56(48(40-67)82-59)83-60-55(77)58(52(74)47(39-66)81-60)85-62(61(78)79)37-45(70)50(63-42(3)68)57(84-62)51(73)46(71)38-65/h33,35,43-48,50-60,65-67,69-71,73-77H,4-32,34,36-41H2,1-3H3,(H,63,68)(H,64,72)(H,78,79)/b35-33+. The summed E-state index contributed by atoms with van der Waals surface area (Å²) >= 11 is 0. The first-order valence-corrected chi connectivity index (χ1v) is 32.6. The van der Waals surface area contributed by atoms with Gasteiger partial charge in [0.1, 0.15) is 67.1 Å². The van der Waals surface area contributed by atoms with Gasteiger partial charge in [0.2, 0.25) is 11.8 Å². The van der Waals surface area contributed by atoms with E-state index in [0.29, 0.717) is 12.8 Å². The number of carboxylic acid groups (broad SMARTS) is 1. The zero-order valence-corrected chi connectivity index (χ0v) is 51.5. The summed E-state index contributed by atoms with van der Waals surface area (Å²) in [4.78, 5) is 38.4. The number of unbranched alkanes of at least 4 members (excludes halogenated alkanes) is 28. The van der Waals surface area contributed by atoms with E-state index in [2.05, 4.69) is 24.5 Å². The fourth-order valence-electron chi connectivity index (χ4n) is 11.5. The fourth-order valence-corrected chi connectivity index (χ4v) is 11.5. The molecule has 23 heteroatoms. The second-order valence-electron chi connectivity index (χ2n) is 24.0. The number of nitrogens with one attached hydrogen (secondary N) is 2. The monoisotopic (exact) mass is 1220 g/mol. The van der Waals surface area contributed by atoms with Crippen LogP contribution in [0.5, 0.6) is 0 Å². The average Bonchev–Trinajstić information content (AvgIpc) is 1.54. The van der Waals surface area contributed by atoms with E-state index in [1.165, 1.54) is 135 Å². The average molecular weight is 1220 g/mol. The molecule has 18 unspecified atom stereocenters. The van der Waals surface area contributed by atoms with Gasteiger partial charge in [0, 0.05) is 19.8 Å². The molecule has 0 aromatic heterocycles. The van der Waals surface area contributed by atoms with E-state index < -0.39 is 155 Å². The Kier molecular flexibility index (Phi) is 39.7. The minimum atomic E-state index is -3.08. The molecule has 3 heterocycles. The van der Waals surface area contributed by atoms with Crippen LogP contribution in [-0.4, -0.2) is 215 Å². The van der Waals surface area contributed by atoms with E-state index >= 15 is 0 Å². The minimum absolute atomic E-state index is 0.204. The Morgan fingerprint density at radius 2 is 1.09 bits per heavy atom. The van der Waals surface area contributed by atoms with Crippen LogP contribution in [-0.2, 0) is 42.8 Å².